The lowest BCUT2D eigenvalue weighted by Gasteiger charge is -2.44. The van der Waals surface area contributed by atoms with Gasteiger partial charge in [-0.3, -0.25) is 0 Å². The van der Waals surface area contributed by atoms with Gasteiger partial charge in [0.05, 0.1) is 12.2 Å². The smallest absolute Gasteiger partial charge is 0.0750 e. The average molecular weight is 217 g/mol. The molecule has 0 radical (unpaired) electrons. The van der Waals surface area contributed by atoms with Crippen molar-refractivity contribution in [2.24, 2.45) is 11.3 Å². The molecular formula is C9H13BrO. The van der Waals surface area contributed by atoms with E-state index in [4.69, 9.17) is 4.74 Å². The van der Waals surface area contributed by atoms with Crippen LogP contribution in [0.2, 0.25) is 0 Å². The number of ether oxygens (including phenoxy) is 1. The first-order chi connectivity index (χ1) is 5.33. The Morgan fingerprint density at radius 2 is 2.27 bits per heavy atom. The third kappa shape index (κ3) is 0.592. The summed E-state index contributed by atoms with van der Waals surface area (Å²) in [6.45, 7) is 1.05. The quantitative estimate of drug-likeness (QED) is 0.612. The van der Waals surface area contributed by atoms with Crippen molar-refractivity contribution in [2.75, 3.05) is 11.9 Å². The van der Waals surface area contributed by atoms with Gasteiger partial charge in [-0.25, -0.2) is 0 Å². The maximum absolute atomic E-state index is 5.90. The van der Waals surface area contributed by atoms with Crippen molar-refractivity contribution in [1.82, 2.24) is 0 Å². The predicted octanol–water partition coefficient (Wildman–Crippen LogP) is 2.34. The predicted molar refractivity (Wildman–Crippen MR) is 46.9 cm³/mol. The zero-order valence-electron chi connectivity index (χ0n) is 6.61. The van der Waals surface area contributed by atoms with Crippen LogP contribution in [-0.4, -0.2) is 17.5 Å². The summed E-state index contributed by atoms with van der Waals surface area (Å²) in [6, 6.07) is 0. The summed E-state index contributed by atoms with van der Waals surface area (Å²) >= 11 is 3.64. The van der Waals surface area contributed by atoms with E-state index in [0.29, 0.717) is 11.0 Å². The summed E-state index contributed by atoms with van der Waals surface area (Å²) in [4.78, 5) is 0. The van der Waals surface area contributed by atoms with E-state index < -0.39 is 0 Å². The lowest BCUT2D eigenvalue weighted by molar-refractivity contribution is -0.104. The number of hydrogen-bond acceptors (Lipinski definition) is 1. The third-order valence-electron chi connectivity index (χ3n) is 4.10. The fourth-order valence-corrected chi connectivity index (χ4v) is 4.18. The molecule has 3 rings (SSSR count). The van der Waals surface area contributed by atoms with Gasteiger partial charge in [-0.15, -0.1) is 0 Å². The zero-order chi connectivity index (χ0) is 7.53. The van der Waals surface area contributed by atoms with Crippen molar-refractivity contribution in [1.29, 1.82) is 0 Å². The van der Waals surface area contributed by atoms with Crippen LogP contribution in [0.4, 0.5) is 0 Å². The molecule has 2 saturated carbocycles. The van der Waals surface area contributed by atoms with Gasteiger partial charge in [-0.1, -0.05) is 15.9 Å². The molecule has 1 aliphatic heterocycles. The molecule has 11 heavy (non-hydrogen) atoms. The number of halogens is 1. The van der Waals surface area contributed by atoms with Crippen molar-refractivity contribution in [2.45, 2.75) is 31.3 Å². The van der Waals surface area contributed by atoms with Crippen LogP contribution < -0.4 is 0 Å². The molecule has 62 valence electrons. The second-order valence-corrected chi connectivity index (χ2v) is 4.91. The fraction of sp³-hybridized carbons (Fsp3) is 1.00. The molecule has 1 saturated heterocycles. The first-order valence-electron chi connectivity index (χ1n) is 4.53. The van der Waals surface area contributed by atoms with Crippen LogP contribution in [0.5, 0.6) is 0 Å². The van der Waals surface area contributed by atoms with E-state index in [-0.39, 0.29) is 0 Å². The fourth-order valence-electron chi connectivity index (χ4n) is 2.99. The first-order valence-corrected chi connectivity index (χ1v) is 5.65. The second-order valence-electron chi connectivity index (χ2n) is 4.35. The van der Waals surface area contributed by atoms with E-state index in [1.165, 1.54) is 31.0 Å². The monoisotopic (exact) mass is 216 g/mol. The molecule has 1 heterocycles. The van der Waals surface area contributed by atoms with Gasteiger partial charge in [0.2, 0.25) is 0 Å². The Bertz CT molecular complexity index is 190. The van der Waals surface area contributed by atoms with E-state index >= 15 is 0 Å². The van der Waals surface area contributed by atoms with Crippen molar-refractivity contribution in [3.8, 4) is 0 Å². The highest BCUT2D eigenvalue weighted by molar-refractivity contribution is 9.09. The maximum atomic E-state index is 5.90. The Kier molecular flexibility index (Phi) is 1.16. The molecule has 3 fully saturated rings. The summed E-state index contributed by atoms with van der Waals surface area (Å²) in [5, 5.41) is 1.17. The number of fused-ring (bicyclic) bond motifs is 2. The van der Waals surface area contributed by atoms with Gasteiger partial charge in [0.15, 0.2) is 0 Å². The van der Waals surface area contributed by atoms with Gasteiger partial charge in [0.1, 0.15) is 0 Å². The van der Waals surface area contributed by atoms with Gasteiger partial charge in [-0.05, 0) is 31.6 Å². The van der Waals surface area contributed by atoms with E-state index in [2.05, 4.69) is 15.9 Å². The van der Waals surface area contributed by atoms with Crippen LogP contribution in [-0.2, 0) is 4.74 Å². The van der Waals surface area contributed by atoms with Crippen LogP contribution in [0.3, 0.4) is 0 Å². The van der Waals surface area contributed by atoms with Crippen molar-refractivity contribution in [3.63, 3.8) is 0 Å². The summed E-state index contributed by atoms with van der Waals surface area (Å²) in [7, 11) is 0. The Labute approximate surface area is 75.6 Å². The number of alkyl halides is 1. The molecule has 2 unspecified atom stereocenters. The maximum Gasteiger partial charge on any atom is 0.0750 e. The molecule has 0 aromatic rings. The number of rotatable bonds is 1. The van der Waals surface area contributed by atoms with Crippen molar-refractivity contribution >= 4 is 15.9 Å². The number of hydrogen-bond donors (Lipinski definition) is 0. The molecule has 0 N–H and O–H groups in total. The van der Waals surface area contributed by atoms with Gasteiger partial charge in [0, 0.05) is 10.7 Å². The van der Waals surface area contributed by atoms with Crippen LogP contribution in [0, 0.1) is 11.3 Å². The van der Waals surface area contributed by atoms with E-state index in [1.807, 2.05) is 0 Å². The normalized spacial score (nSPS) is 50.5. The highest BCUT2D eigenvalue weighted by atomic mass is 79.9. The summed E-state index contributed by atoms with van der Waals surface area (Å²) < 4.78 is 5.90. The standard InChI is InChI=1S/C9H13BrO/c10-6-8-4-7(8)5-11-9(8)2-1-3-9/h7H,1-6H2. The third-order valence-corrected chi connectivity index (χ3v) is 5.10. The molecule has 2 atom stereocenters. The molecule has 2 heteroatoms. The average Bonchev–Trinajstić information content (AvgIpc) is 2.57. The van der Waals surface area contributed by atoms with Crippen LogP contribution in [0.25, 0.3) is 0 Å². The molecule has 2 aliphatic carbocycles. The molecule has 1 spiro atoms. The molecule has 1 nitrogen and oxygen atoms in total. The highest BCUT2D eigenvalue weighted by Crippen LogP contribution is 2.71. The minimum absolute atomic E-state index is 0.348. The van der Waals surface area contributed by atoms with Gasteiger partial charge < -0.3 is 4.74 Å². The minimum Gasteiger partial charge on any atom is -0.374 e. The van der Waals surface area contributed by atoms with Crippen molar-refractivity contribution in [3.05, 3.63) is 0 Å². The molecule has 3 aliphatic rings. The summed E-state index contributed by atoms with van der Waals surface area (Å²) in [5.41, 5.74) is 0.937. The molecule has 0 aromatic heterocycles. The Morgan fingerprint density at radius 3 is 2.64 bits per heavy atom. The van der Waals surface area contributed by atoms with E-state index in [9.17, 15) is 0 Å². The highest BCUT2D eigenvalue weighted by Gasteiger charge is 2.72. The Morgan fingerprint density at radius 1 is 1.45 bits per heavy atom. The minimum atomic E-state index is 0.348. The van der Waals surface area contributed by atoms with E-state index in [1.54, 1.807) is 0 Å². The first kappa shape index (κ1) is 6.90. The molecule has 0 bridgehead atoms. The lowest BCUT2D eigenvalue weighted by atomic mass is 9.69. The molecule has 0 amide bonds. The van der Waals surface area contributed by atoms with Gasteiger partial charge in [0.25, 0.3) is 0 Å². The molecule has 0 aromatic carbocycles. The van der Waals surface area contributed by atoms with Crippen LogP contribution in [0.1, 0.15) is 25.7 Å². The lowest BCUT2D eigenvalue weighted by Crippen LogP contribution is -2.46. The summed E-state index contributed by atoms with van der Waals surface area (Å²) in [6.07, 6.45) is 5.48. The van der Waals surface area contributed by atoms with Crippen molar-refractivity contribution < 1.29 is 4.74 Å². The summed E-state index contributed by atoms with van der Waals surface area (Å²) in [5.74, 6) is 0.905. The Balaban J connectivity index is 1.94. The molecular weight excluding hydrogens is 204 g/mol. The van der Waals surface area contributed by atoms with Crippen LogP contribution >= 0.6 is 15.9 Å². The largest absolute Gasteiger partial charge is 0.374 e. The van der Waals surface area contributed by atoms with Crippen LogP contribution in [0.15, 0.2) is 0 Å². The second kappa shape index (κ2) is 1.85. The van der Waals surface area contributed by atoms with Gasteiger partial charge >= 0.3 is 0 Å². The Hall–Kier alpha value is 0.440. The van der Waals surface area contributed by atoms with E-state index in [0.717, 1.165) is 12.5 Å². The SMILES string of the molecule is BrCC12CC1COC21CCC1. The zero-order valence-corrected chi connectivity index (χ0v) is 8.19. The topological polar surface area (TPSA) is 9.23 Å². The van der Waals surface area contributed by atoms with Gasteiger partial charge in [-0.2, -0.15) is 0 Å².